The van der Waals surface area contributed by atoms with Crippen molar-refractivity contribution in [2.24, 2.45) is 5.92 Å². The molecule has 0 unspecified atom stereocenters. The van der Waals surface area contributed by atoms with Crippen LogP contribution in [0, 0.1) is 12.8 Å². The van der Waals surface area contributed by atoms with E-state index in [0.717, 1.165) is 67.4 Å². The summed E-state index contributed by atoms with van der Waals surface area (Å²) < 4.78 is 12.7. The molecule has 0 radical (unpaired) electrons. The van der Waals surface area contributed by atoms with Gasteiger partial charge in [-0.2, -0.15) is 5.10 Å². The molecule has 5 rings (SSSR count). The van der Waals surface area contributed by atoms with Gasteiger partial charge < -0.3 is 19.4 Å². The molecule has 1 aromatic carbocycles. The molecule has 8 nitrogen and oxygen atoms in total. The van der Waals surface area contributed by atoms with Crippen molar-refractivity contribution in [2.75, 3.05) is 40.0 Å². The molecular weight excluding hydrogens is 420 g/mol. The number of hydrogen-bond acceptors (Lipinski definition) is 5. The molecule has 2 saturated heterocycles. The van der Waals surface area contributed by atoms with Crippen molar-refractivity contribution in [3.05, 3.63) is 39.8 Å². The number of nitrogens with one attached hydrogen (secondary N) is 1. The van der Waals surface area contributed by atoms with E-state index < -0.39 is 0 Å². The molecular formula is C25H34N4O4. The highest BCUT2D eigenvalue weighted by molar-refractivity contribution is 6.07. The van der Waals surface area contributed by atoms with Crippen molar-refractivity contribution in [1.29, 1.82) is 0 Å². The van der Waals surface area contributed by atoms with Crippen LogP contribution in [0.1, 0.15) is 55.1 Å². The van der Waals surface area contributed by atoms with Gasteiger partial charge in [-0.15, -0.1) is 0 Å². The van der Waals surface area contributed by atoms with Gasteiger partial charge in [0.25, 0.3) is 11.5 Å². The third kappa shape index (κ3) is 4.29. The molecule has 0 saturated carbocycles. The van der Waals surface area contributed by atoms with Crippen LogP contribution >= 0.6 is 0 Å². The zero-order chi connectivity index (χ0) is 22.2. The normalized spacial score (nSPS) is 19.3. The van der Waals surface area contributed by atoms with Gasteiger partial charge in [-0.25, -0.2) is 0 Å². The number of ether oxygens (including phenoxy) is 2. The number of piperidine rings is 1. The van der Waals surface area contributed by atoms with Gasteiger partial charge >= 0.3 is 0 Å². The fraction of sp³-hybridized carbons (Fsp3) is 0.560. The van der Waals surface area contributed by atoms with E-state index in [2.05, 4.69) is 10.1 Å². The number of carbonyl (C=O) groups is 1. The van der Waals surface area contributed by atoms with E-state index in [9.17, 15) is 9.59 Å². The van der Waals surface area contributed by atoms with Gasteiger partial charge in [0.05, 0.1) is 35.3 Å². The lowest BCUT2D eigenvalue weighted by Gasteiger charge is -2.32. The third-order valence-electron chi connectivity index (χ3n) is 7.02. The summed E-state index contributed by atoms with van der Waals surface area (Å²) in [6.45, 7) is 5.52. The number of aromatic nitrogens is 3. The van der Waals surface area contributed by atoms with Crippen LogP contribution in [0.5, 0.6) is 0 Å². The van der Waals surface area contributed by atoms with Crippen LogP contribution in [0.15, 0.2) is 23.1 Å². The molecule has 1 N–H and O–H groups in total. The Morgan fingerprint density at radius 1 is 1.24 bits per heavy atom. The number of H-pyrrole nitrogens is 1. The minimum atomic E-state index is -0.158. The van der Waals surface area contributed by atoms with E-state index in [1.807, 2.05) is 28.6 Å². The molecule has 0 bridgehead atoms. The van der Waals surface area contributed by atoms with Gasteiger partial charge in [-0.3, -0.25) is 14.3 Å². The zero-order valence-electron chi connectivity index (χ0n) is 18.7. The van der Waals surface area contributed by atoms with E-state index in [1.165, 1.54) is 0 Å². The summed E-state index contributed by atoms with van der Waals surface area (Å²) in [6, 6.07) is 3.96. The van der Waals surface area contributed by atoms with E-state index in [4.69, 9.17) is 9.47 Å². The third-order valence-corrected chi connectivity index (χ3v) is 7.02. The average molecular weight is 455 g/mol. The lowest BCUT2D eigenvalue weighted by Crippen LogP contribution is -2.39. The molecule has 4 heterocycles. The highest BCUT2D eigenvalue weighted by atomic mass is 16.5. The van der Waals surface area contributed by atoms with Gasteiger partial charge in [0.2, 0.25) is 0 Å². The van der Waals surface area contributed by atoms with Gasteiger partial charge in [-0.1, -0.05) is 7.43 Å². The zero-order valence-corrected chi connectivity index (χ0v) is 18.7. The second-order valence-electron chi connectivity index (χ2n) is 9.05. The van der Waals surface area contributed by atoms with Gasteiger partial charge in [0.15, 0.2) is 0 Å². The summed E-state index contributed by atoms with van der Waals surface area (Å²) in [7, 11) is 1.73. The van der Waals surface area contributed by atoms with Gasteiger partial charge in [0, 0.05) is 44.4 Å². The molecule has 1 atom stereocenters. The highest BCUT2D eigenvalue weighted by Crippen LogP contribution is 2.30. The number of aromatic amines is 1. The number of methoxy groups -OCH3 is 1. The SMILES string of the molecule is C.COCCC1CCN(C(=O)c2cc3c(cc2C)[nH]c(=O)c2cnn([C@H]4CCOC4)c23)CC1. The fourth-order valence-corrected chi connectivity index (χ4v) is 5.10. The number of nitrogens with zero attached hydrogens (tertiary/aromatic N) is 3. The highest BCUT2D eigenvalue weighted by Gasteiger charge is 2.26. The molecule has 0 aliphatic carbocycles. The summed E-state index contributed by atoms with van der Waals surface area (Å²) in [4.78, 5) is 31.1. The van der Waals surface area contributed by atoms with E-state index in [0.29, 0.717) is 30.1 Å². The van der Waals surface area contributed by atoms with Crippen LogP contribution in [0.4, 0.5) is 0 Å². The number of benzene rings is 1. The topological polar surface area (TPSA) is 89.5 Å². The first kappa shape index (κ1) is 23.4. The smallest absolute Gasteiger partial charge is 0.259 e. The van der Waals surface area contributed by atoms with Crippen molar-refractivity contribution in [3.63, 3.8) is 0 Å². The predicted molar refractivity (Wildman–Crippen MR) is 129 cm³/mol. The van der Waals surface area contributed by atoms with Crippen LogP contribution < -0.4 is 5.56 Å². The van der Waals surface area contributed by atoms with Crippen molar-refractivity contribution in [3.8, 4) is 0 Å². The molecule has 2 aliphatic heterocycles. The number of rotatable bonds is 5. The van der Waals surface area contributed by atoms with Crippen molar-refractivity contribution in [2.45, 2.75) is 46.1 Å². The van der Waals surface area contributed by atoms with Crippen LogP contribution in [0.25, 0.3) is 21.8 Å². The molecule has 2 fully saturated rings. The molecule has 33 heavy (non-hydrogen) atoms. The summed E-state index contributed by atoms with van der Waals surface area (Å²) >= 11 is 0. The number of likely N-dealkylation sites (tertiary alicyclic amines) is 1. The lowest BCUT2D eigenvalue weighted by atomic mass is 9.93. The molecule has 2 aliphatic rings. The molecule has 2 aromatic heterocycles. The maximum atomic E-state index is 13.5. The Morgan fingerprint density at radius 2 is 2.03 bits per heavy atom. The minimum Gasteiger partial charge on any atom is -0.385 e. The summed E-state index contributed by atoms with van der Waals surface area (Å²) in [5.74, 6) is 0.675. The average Bonchev–Trinajstić information content (AvgIpc) is 3.47. The summed E-state index contributed by atoms with van der Waals surface area (Å²) in [6.07, 6.45) is 5.55. The van der Waals surface area contributed by atoms with Crippen LogP contribution in [0.3, 0.4) is 0 Å². The van der Waals surface area contributed by atoms with Crippen LogP contribution in [-0.4, -0.2) is 65.6 Å². The second-order valence-corrected chi connectivity index (χ2v) is 9.05. The quantitative estimate of drug-likeness (QED) is 0.635. The Morgan fingerprint density at radius 3 is 2.73 bits per heavy atom. The van der Waals surface area contributed by atoms with Crippen LogP contribution in [-0.2, 0) is 9.47 Å². The molecule has 1 amide bonds. The van der Waals surface area contributed by atoms with E-state index in [1.54, 1.807) is 13.3 Å². The predicted octanol–water partition coefficient (Wildman–Crippen LogP) is 3.67. The van der Waals surface area contributed by atoms with Crippen molar-refractivity contribution < 1.29 is 14.3 Å². The monoisotopic (exact) mass is 454 g/mol. The fourth-order valence-electron chi connectivity index (χ4n) is 5.10. The molecule has 3 aromatic rings. The first-order valence-electron chi connectivity index (χ1n) is 11.5. The van der Waals surface area contributed by atoms with E-state index in [-0.39, 0.29) is 24.9 Å². The number of amides is 1. The maximum Gasteiger partial charge on any atom is 0.259 e. The summed E-state index contributed by atoms with van der Waals surface area (Å²) in [5, 5.41) is 5.92. The lowest BCUT2D eigenvalue weighted by molar-refractivity contribution is 0.0669. The first-order chi connectivity index (χ1) is 15.6. The Labute approximate surface area is 193 Å². The maximum absolute atomic E-state index is 13.5. The number of fused-ring (bicyclic) bond motifs is 3. The Bertz CT molecular complexity index is 1200. The van der Waals surface area contributed by atoms with Crippen LogP contribution in [0.2, 0.25) is 0 Å². The molecule has 0 spiro atoms. The number of carbonyl (C=O) groups excluding carboxylic acids is 1. The first-order valence-corrected chi connectivity index (χ1v) is 11.5. The van der Waals surface area contributed by atoms with Crippen molar-refractivity contribution >= 4 is 27.7 Å². The van der Waals surface area contributed by atoms with Gasteiger partial charge in [0.1, 0.15) is 0 Å². The number of aryl methyl sites for hydroxylation is 1. The second kappa shape index (κ2) is 9.65. The number of hydrogen-bond donors (Lipinski definition) is 1. The largest absolute Gasteiger partial charge is 0.385 e. The van der Waals surface area contributed by atoms with E-state index >= 15 is 0 Å². The Hall–Kier alpha value is -2.71. The van der Waals surface area contributed by atoms with Crippen molar-refractivity contribution in [1.82, 2.24) is 19.7 Å². The molecule has 178 valence electrons. The minimum absolute atomic E-state index is 0. The Kier molecular flexibility index (Phi) is 6.86. The standard InChI is InChI=1S/C24H30N4O4.CH4/c1-15-11-21-19(12-18(15)24(30)27-7-3-16(4-8-27)5-9-31-2)22-20(23(29)26-21)13-25-28(22)17-6-10-32-14-17;/h11-13,16-17H,3-10,14H2,1-2H3,(H,26,29);1H4/t17-;/m0./s1. The molecule has 8 heteroatoms. The summed E-state index contributed by atoms with van der Waals surface area (Å²) in [5.41, 5.74) is 2.92. The Balaban J connectivity index is 0.00000259. The number of pyridine rings is 1. The van der Waals surface area contributed by atoms with Gasteiger partial charge in [-0.05, 0) is 56.2 Å².